The number of hydrogen-bond acceptors (Lipinski definition) is 8. The van der Waals surface area contributed by atoms with Gasteiger partial charge in [-0.1, -0.05) is 20.8 Å². The Morgan fingerprint density at radius 2 is 1.92 bits per heavy atom. The van der Waals surface area contributed by atoms with Crippen LogP contribution in [0, 0.1) is 5.41 Å². The maximum absolute atomic E-state index is 12.2. The minimum absolute atomic E-state index is 0.148. The molecule has 3 fully saturated rings. The Morgan fingerprint density at radius 1 is 1.18 bits per heavy atom. The lowest BCUT2D eigenvalue weighted by atomic mass is 9.80. The Labute approximate surface area is 238 Å². The van der Waals surface area contributed by atoms with E-state index in [1.54, 1.807) is 12.0 Å². The summed E-state index contributed by atoms with van der Waals surface area (Å²) < 4.78 is 19.1. The van der Waals surface area contributed by atoms with E-state index in [0.29, 0.717) is 59.1 Å². The standard InChI is InChI=1S/C28H40BrN5O5/c1-16-24(28(2,3)4)34(27(35)36)13-12-33(16)25-19-14-20(37-6)21(29)23(39-18-9-10-18)22(19)30-26(31-25)38-15-17-8-7-11-32(17)5/h14,16-18,24H,7-13,15H2,1-6H3,(H,35,36). The van der Waals surface area contributed by atoms with Crippen LogP contribution in [0.15, 0.2) is 10.5 Å². The van der Waals surface area contributed by atoms with Gasteiger partial charge < -0.3 is 34.0 Å². The van der Waals surface area contributed by atoms with Crippen LogP contribution in [0.3, 0.4) is 0 Å². The van der Waals surface area contributed by atoms with E-state index in [1.165, 1.54) is 0 Å². The number of benzene rings is 1. The third-order valence-electron chi connectivity index (χ3n) is 8.19. The van der Waals surface area contributed by atoms with Gasteiger partial charge in [0.2, 0.25) is 0 Å². The van der Waals surface area contributed by atoms with Gasteiger partial charge in [0, 0.05) is 25.2 Å². The molecule has 1 aliphatic carbocycles. The van der Waals surface area contributed by atoms with E-state index < -0.39 is 6.09 Å². The van der Waals surface area contributed by atoms with Gasteiger partial charge in [-0.15, -0.1) is 0 Å². The number of methoxy groups -OCH3 is 1. The molecule has 2 aromatic rings. The van der Waals surface area contributed by atoms with Gasteiger partial charge >= 0.3 is 12.1 Å². The lowest BCUT2D eigenvalue weighted by Crippen LogP contribution is -2.64. The van der Waals surface area contributed by atoms with Crippen LogP contribution in [-0.2, 0) is 0 Å². The van der Waals surface area contributed by atoms with E-state index in [1.807, 2.05) is 6.07 Å². The fourth-order valence-corrected chi connectivity index (χ4v) is 6.66. The number of piperazine rings is 1. The number of aromatic nitrogens is 2. The van der Waals surface area contributed by atoms with Gasteiger partial charge in [-0.2, -0.15) is 9.97 Å². The summed E-state index contributed by atoms with van der Waals surface area (Å²) in [6, 6.07) is 2.16. The third-order valence-corrected chi connectivity index (χ3v) is 8.94. The number of carboxylic acid groups (broad SMARTS) is 1. The summed E-state index contributed by atoms with van der Waals surface area (Å²) in [6.07, 6.45) is 3.49. The first-order chi connectivity index (χ1) is 18.5. The van der Waals surface area contributed by atoms with Crippen molar-refractivity contribution in [3.05, 3.63) is 10.5 Å². The highest BCUT2D eigenvalue weighted by molar-refractivity contribution is 9.10. The largest absolute Gasteiger partial charge is 0.495 e. The molecule has 1 aromatic heterocycles. The SMILES string of the molecule is COc1cc2c(N3CCN(C(=O)O)C(C(C)(C)C)C3C)nc(OCC3CCCN3C)nc2c(OC2CC2)c1Br. The molecule has 3 atom stereocenters. The number of carbonyl (C=O) groups is 1. The Hall–Kier alpha value is -2.53. The number of rotatable bonds is 7. The average Bonchev–Trinajstić information content (AvgIpc) is 3.61. The highest BCUT2D eigenvalue weighted by Gasteiger charge is 2.44. The Kier molecular flexibility index (Phi) is 7.76. The molecule has 39 heavy (non-hydrogen) atoms. The number of ether oxygens (including phenoxy) is 3. The van der Waals surface area contributed by atoms with Crippen LogP contribution in [0.1, 0.15) is 53.4 Å². The molecule has 3 aliphatic rings. The fourth-order valence-electron chi connectivity index (χ4n) is 6.10. The number of hydrogen-bond donors (Lipinski definition) is 1. The lowest BCUT2D eigenvalue weighted by Gasteiger charge is -2.51. The topological polar surface area (TPSA) is 100 Å². The van der Waals surface area contributed by atoms with E-state index in [2.05, 4.69) is 60.5 Å². The van der Waals surface area contributed by atoms with Crippen molar-refractivity contribution in [2.24, 2.45) is 5.41 Å². The molecule has 0 bridgehead atoms. The summed E-state index contributed by atoms with van der Waals surface area (Å²) in [4.78, 5) is 28.1. The molecule has 0 radical (unpaired) electrons. The van der Waals surface area contributed by atoms with Crippen molar-refractivity contribution in [1.82, 2.24) is 19.8 Å². The molecule has 1 saturated carbocycles. The number of likely N-dealkylation sites (N-methyl/N-ethyl adjacent to an activating group) is 1. The zero-order chi connectivity index (χ0) is 28.1. The van der Waals surface area contributed by atoms with E-state index in [0.717, 1.165) is 37.6 Å². The summed E-state index contributed by atoms with van der Waals surface area (Å²) >= 11 is 3.69. The molecule has 1 N–H and O–H groups in total. The maximum Gasteiger partial charge on any atom is 0.407 e. The smallest absolute Gasteiger partial charge is 0.407 e. The van der Waals surface area contributed by atoms with Crippen molar-refractivity contribution < 1.29 is 24.1 Å². The Bertz CT molecular complexity index is 1230. The van der Waals surface area contributed by atoms with Crippen LogP contribution in [0.2, 0.25) is 0 Å². The molecule has 2 saturated heterocycles. The first-order valence-electron chi connectivity index (χ1n) is 13.8. The predicted octanol–water partition coefficient (Wildman–Crippen LogP) is 5.02. The number of amides is 1. The molecule has 214 valence electrons. The molecule has 3 unspecified atom stereocenters. The van der Waals surface area contributed by atoms with E-state index in [-0.39, 0.29) is 23.6 Å². The van der Waals surface area contributed by atoms with Gasteiger partial charge in [-0.05, 0) is 73.6 Å². The highest BCUT2D eigenvalue weighted by atomic mass is 79.9. The van der Waals surface area contributed by atoms with Crippen LogP contribution in [0.5, 0.6) is 17.5 Å². The third kappa shape index (κ3) is 5.57. The molecule has 0 spiro atoms. The first-order valence-corrected chi connectivity index (χ1v) is 14.6. The summed E-state index contributed by atoms with van der Waals surface area (Å²) in [5, 5.41) is 10.8. The summed E-state index contributed by atoms with van der Waals surface area (Å²) in [6.45, 7) is 10.8. The second kappa shape index (κ2) is 10.8. The van der Waals surface area contributed by atoms with E-state index in [9.17, 15) is 9.90 Å². The number of fused-ring (bicyclic) bond motifs is 1. The van der Waals surface area contributed by atoms with Crippen molar-refractivity contribution in [2.45, 2.75) is 77.6 Å². The Morgan fingerprint density at radius 3 is 2.51 bits per heavy atom. The van der Waals surface area contributed by atoms with Gasteiger partial charge in [-0.25, -0.2) is 4.79 Å². The van der Waals surface area contributed by atoms with Crippen LogP contribution in [-0.4, -0.2) is 95.6 Å². The first kappa shape index (κ1) is 28.0. The highest BCUT2D eigenvalue weighted by Crippen LogP contribution is 2.46. The molecule has 1 amide bonds. The normalized spacial score (nSPS) is 24.3. The lowest BCUT2D eigenvalue weighted by molar-refractivity contribution is 0.0562. The van der Waals surface area contributed by atoms with Crippen LogP contribution in [0.25, 0.3) is 10.9 Å². The van der Waals surface area contributed by atoms with Gasteiger partial charge in [0.05, 0.1) is 24.6 Å². The monoisotopic (exact) mass is 605 g/mol. The summed E-state index contributed by atoms with van der Waals surface area (Å²) in [5.41, 5.74) is 0.377. The number of halogens is 1. The minimum Gasteiger partial charge on any atom is -0.495 e. The number of nitrogens with zero attached hydrogens (tertiary/aromatic N) is 5. The number of anilines is 1. The molecule has 3 heterocycles. The van der Waals surface area contributed by atoms with E-state index in [4.69, 9.17) is 24.2 Å². The maximum atomic E-state index is 12.2. The van der Waals surface area contributed by atoms with Crippen LogP contribution < -0.4 is 19.1 Å². The zero-order valence-corrected chi connectivity index (χ0v) is 25.3. The van der Waals surface area contributed by atoms with Crippen molar-refractivity contribution >= 4 is 38.7 Å². The molecule has 2 aliphatic heterocycles. The van der Waals surface area contributed by atoms with Crippen molar-refractivity contribution in [1.29, 1.82) is 0 Å². The fraction of sp³-hybridized carbons (Fsp3) is 0.679. The molecular weight excluding hydrogens is 566 g/mol. The van der Waals surface area contributed by atoms with Crippen molar-refractivity contribution in [2.75, 3.05) is 45.3 Å². The second-order valence-corrected chi connectivity index (χ2v) is 12.9. The van der Waals surface area contributed by atoms with Gasteiger partial charge in [-0.3, -0.25) is 0 Å². The predicted molar refractivity (Wildman–Crippen MR) is 153 cm³/mol. The molecule has 1 aromatic carbocycles. The summed E-state index contributed by atoms with van der Waals surface area (Å²) in [7, 11) is 3.75. The molecule has 11 heteroatoms. The van der Waals surface area contributed by atoms with Crippen molar-refractivity contribution in [3.8, 4) is 17.5 Å². The second-order valence-electron chi connectivity index (χ2n) is 12.1. The van der Waals surface area contributed by atoms with Crippen LogP contribution >= 0.6 is 15.9 Å². The minimum atomic E-state index is -0.899. The van der Waals surface area contributed by atoms with Crippen LogP contribution in [0.4, 0.5) is 10.6 Å². The zero-order valence-electron chi connectivity index (χ0n) is 23.7. The summed E-state index contributed by atoms with van der Waals surface area (Å²) in [5.74, 6) is 1.96. The Balaban J connectivity index is 1.63. The van der Waals surface area contributed by atoms with Gasteiger partial charge in [0.1, 0.15) is 28.2 Å². The molecule has 5 rings (SSSR count). The molecular formula is C28H40BrN5O5. The average molecular weight is 607 g/mol. The van der Waals surface area contributed by atoms with Gasteiger partial charge in [0.15, 0.2) is 5.75 Å². The molecule has 10 nitrogen and oxygen atoms in total. The number of likely N-dealkylation sites (tertiary alicyclic amines) is 1. The van der Waals surface area contributed by atoms with E-state index >= 15 is 0 Å². The quantitative estimate of drug-likeness (QED) is 0.466. The van der Waals surface area contributed by atoms with Crippen molar-refractivity contribution in [3.63, 3.8) is 0 Å². The van der Waals surface area contributed by atoms with Gasteiger partial charge in [0.25, 0.3) is 0 Å².